The van der Waals surface area contributed by atoms with Crippen LogP contribution in [0, 0.1) is 0 Å². The summed E-state index contributed by atoms with van der Waals surface area (Å²) >= 11 is 10.3. The number of nitrogen functional groups attached to an aromatic ring is 1. The maximum absolute atomic E-state index is 11.3. The van der Waals surface area contributed by atoms with Crippen molar-refractivity contribution in [1.29, 1.82) is 0 Å². The SMILES string of the molecule is CSc1c(NCCc2ccc(Cl)s2)sc(C(N)=O)c1N. The van der Waals surface area contributed by atoms with Crippen LogP contribution < -0.4 is 16.8 Å². The summed E-state index contributed by atoms with van der Waals surface area (Å²) in [4.78, 5) is 13.8. The van der Waals surface area contributed by atoms with Crippen LogP contribution in [0.4, 0.5) is 10.7 Å². The summed E-state index contributed by atoms with van der Waals surface area (Å²) < 4.78 is 0.793. The number of carbonyl (C=O) groups is 1. The summed E-state index contributed by atoms with van der Waals surface area (Å²) in [6.45, 7) is 0.753. The van der Waals surface area contributed by atoms with Gasteiger partial charge in [-0.1, -0.05) is 11.6 Å². The van der Waals surface area contributed by atoms with Gasteiger partial charge in [-0.15, -0.1) is 34.4 Å². The molecular weight excluding hydrogens is 334 g/mol. The van der Waals surface area contributed by atoms with Crippen molar-refractivity contribution in [1.82, 2.24) is 0 Å². The average molecular weight is 348 g/mol. The van der Waals surface area contributed by atoms with Gasteiger partial charge in [0.1, 0.15) is 9.88 Å². The Morgan fingerprint density at radius 3 is 2.75 bits per heavy atom. The molecule has 0 radical (unpaired) electrons. The molecule has 0 aliphatic rings. The lowest BCUT2D eigenvalue weighted by molar-refractivity contribution is 0.100. The first-order chi connectivity index (χ1) is 9.52. The summed E-state index contributed by atoms with van der Waals surface area (Å²) in [7, 11) is 0. The molecular formula is C12H14ClN3OS3. The summed E-state index contributed by atoms with van der Waals surface area (Å²) in [6.07, 6.45) is 2.79. The van der Waals surface area contributed by atoms with E-state index in [9.17, 15) is 4.79 Å². The van der Waals surface area contributed by atoms with Crippen LogP contribution in [0.3, 0.4) is 0 Å². The number of anilines is 2. The Labute approximate surface area is 134 Å². The van der Waals surface area contributed by atoms with Crippen LogP contribution in [0.1, 0.15) is 14.5 Å². The predicted octanol–water partition coefficient (Wildman–Crippen LogP) is 3.52. The minimum atomic E-state index is -0.485. The van der Waals surface area contributed by atoms with Crippen LogP contribution in [-0.4, -0.2) is 18.7 Å². The van der Waals surface area contributed by atoms with Crippen molar-refractivity contribution in [2.75, 3.05) is 23.9 Å². The van der Waals surface area contributed by atoms with Crippen LogP contribution in [0.2, 0.25) is 4.34 Å². The van der Waals surface area contributed by atoms with Gasteiger partial charge in [-0.2, -0.15) is 0 Å². The Morgan fingerprint density at radius 2 is 2.20 bits per heavy atom. The molecule has 5 N–H and O–H groups in total. The monoisotopic (exact) mass is 347 g/mol. The molecule has 20 heavy (non-hydrogen) atoms. The first kappa shape index (κ1) is 15.5. The third-order valence-electron chi connectivity index (χ3n) is 2.61. The van der Waals surface area contributed by atoms with Crippen molar-refractivity contribution in [2.24, 2.45) is 5.73 Å². The molecule has 0 bridgehead atoms. The van der Waals surface area contributed by atoms with E-state index in [1.165, 1.54) is 28.0 Å². The van der Waals surface area contributed by atoms with Gasteiger partial charge < -0.3 is 16.8 Å². The Morgan fingerprint density at radius 1 is 1.45 bits per heavy atom. The van der Waals surface area contributed by atoms with Gasteiger partial charge >= 0.3 is 0 Å². The van der Waals surface area contributed by atoms with E-state index in [-0.39, 0.29) is 0 Å². The molecule has 0 spiro atoms. The molecule has 8 heteroatoms. The van der Waals surface area contributed by atoms with Crippen molar-refractivity contribution in [3.8, 4) is 0 Å². The summed E-state index contributed by atoms with van der Waals surface area (Å²) in [5, 5.41) is 4.21. The second-order valence-electron chi connectivity index (χ2n) is 3.95. The number of thiophene rings is 2. The van der Waals surface area contributed by atoms with Crippen LogP contribution in [0.15, 0.2) is 17.0 Å². The molecule has 1 amide bonds. The van der Waals surface area contributed by atoms with Crippen molar-refractivity contribution in [3.63, 3.8) is 0 Å². The van der Waals surface area contributed by atoms with E-state index in [0.717, 1.165) is 27.2 Å². The minimum absolute atomic E-state index is 0.413. The number of thioether (sulfide) groups is 1. The molecule has 2 aromatic rings. The average Bonchev–Trinajstić information content (AvgIpc) is 2.94. The number of hydrogen-bond acceptors (Lipinski definition) is 6. The van der Waals surface area contributed by atoms with Gasteiger partial charge in [-0.25, -0.2) is 0 Å². The lowest BCUT2D eigenvalue weighted by Gasteiger charge is -2.05. The topological polar surface area (TPSA) is 81.1 Å². The molecule has 0 unspecified atom stereocenters. The zero-order chi connectivity index (χ0) is 14.7. The number of primary amides is 1. The van der Waals surface area contributed by atoms with E-state index in [1.54, 1.807) is 11.3 Å². The molecule has 2 rings (SSSR count). The van der Waals surface area contributed by atoms with Gasteiger partial charge in [0.25, 0.3) is 5.91 Å². The Kier molecular flexibility index (Phi) is 5.20. The maximum atomic E-state index is 11.3. The number of amides is 1. The zero-order valence-electron chi connectivity index (χ0n) is 10.7. The van der Waals surface area contributed by atoms with Crippen molar-refractivity contribution < 1.29 is 4.79 Å². The first-order valence-electron chi connectivity index (χ1n) is 5.77. The first-order valence-corrected chi connectivity index (χ1v) is 9.00. The Hall–Kier alpha value is -0.890. The van der Waals surface area contributed by atoms with Crippen LogP contribution in [0.5, 0.6) is 0 Å². The lowest BCUT2D eigenvalue weighted by Crippen LogP contribution is -2.10. The highest BCUT2D eigenvalue weighted by atomic mass is 35.5. The zero-order valence-corrected chi connectivity index (χ0v) is 13.9. The number of nitrogens with two attached hydrogens (primary N) is 2. The van der Waals surface area contributed by atoms with Gasteiger partial charge in [0, 0.05) is 11.4 Å². The third-order valence-corrected chi connectivity index (χ3v) is 6.04. The van der Waals surface area contributed by atoms with Gasteiger partial charge in [0.15, 0.2) is 0 Å². The second kappa shape index (κ2) is 6.71. The Balaban J connectivity index is 2.05. The largest absolute Gasteiger partial charge is 0.396 e. The number of rotatable bonds is 6. The number of nitrogens with one attached hydrogen (secondary N) is 1. The van der Waals surface area contributed by atoms with Gasteiger partial charge in [0.2, 0.25) is 0 Å². The van der Waals surface area contributed by atoms with Gasteiger partial charge in [-0.3, -0.25) is 4.79 Å². The summed E-state index contributed by atoms with van der Waals surface area (Å²) in [5.74, 6) is -0.485. The lowest BCUT2D eigenvalue weighted by atomic mass is 10.3. The standard InChI is InChI=1S/C12H14ClN3OS3/c1-18-10-8(14)9(11(15)17)20-12(10)16-5-4-6-2-3-7(13)19-6/h2-3,16H,4-5,14H2,1H3,(H2,15,17). The molecule has 0 fully saturated rings. The van der Waals surface area contributed by atoms with E-state index in [1.807, 2.05) is 18.4 Å². The number of hydrogen-bond donors (Lipinski definition) is 3. The molecule has 0 aromatic carbocycles. The fourth-order valence-corrected chi connectivity index (χ4v) is 4.72. The van der Waals surface area contributed by atoms with Crippen LogP contribution in [0.25, 0.3) is 0 Å². The van der Waals surface area contributed by atoms with E-state index >= 15 is 0 Å². The molecule has 2 heterocycles. The van der Waals surface area contributed by atoms with E-state index < -0.39 is 5.91 Å². The molecule has 2 aromatic heterocycles. The smallest absolute Gasteiger partial charge is 0.261 e. The van der Waals surface area contributed by atoms with E-state index in [4.69, 9.17) is 23.1 Å². The summed E-state index contributed by atoms with van der Waals surface area (Å²) in [6, 6.07) is 3.91. The van der Waals surface area contributed by atoms with E-state index in [2.05, 4.69) is 5.32 Å². The number of carbonyl (C=O) groups excluding carboxylic acids is 1. The second-order valence-corrected chi connectivity index (χ2v) is 7.59. The minimum Gasteiger partial charge on any atom is -0.396 e. The number of halogens is 1. The van der Waals surface area contributed by atoms with Gasteiger partial charge in [0.05, 0.1) is 14.9 Å². The van der Waals surface area contributed by atoms with Crippen LogP contribution in [-0.2, 0) is 6.42 Å². The van der Waals surface area contributed by atoms with E-state index in [0.29, 0.717) is 10.6 Å². The molecule has 0 aliphatic carbocycles. The summed E-state index contributed by atoms with van der Waals surface area (Å²) in [5.41, 5.74) is 11.7. The quantitative estimate of drug-likeness (QED) is 0.698. The molecule has 108 valence electrons. The predicted molar refractivity (Wildman–Crippen MR) is 90.6 cm³/mol. The Bertz CT molecular complexity index is 623. The molecule has 0 saturated heterocycles. The fraction of sp³-hybridized carbons (Fsp3) is 0.250. The van der Waals surface area contributed by atoms with Gasteiger partial charge in [-0.05, 0) is 24.8 Å². The van der Waals surface area contributed by atoms with Crippen molar-refractivity contribution >= 4 is 62.6 Å². The third kappa shape index (κ3) is 3.41. The fourth-order valence-electron chi connectivity index (χ4n) is 1.72. The highest BCUT2D eigenvalue weighted by molar-refractivity contribution is 7.99. The van der Waals surface area contributed by atoms with Crippen LogP contribution >= 0.6 is 46.0 Å². The molecule has 4 nitrogen and oxygen atoms in total. The molecule has 0 saturated carbocycles. The maximum Gasteiger partial charge on any atom is 0.261 e. The van der Waals surface area contributed by atoms with Crippen molar-refractivity contribution in [2.45, 2.75) is 11.3 Å². The normalized spacial score (nSPS) is 10.7. The molecule has 0 aliphatic heterocycles. The highest BCUT2D eigenvalue weighted by Gasteiger charge is 2.18. The van der Waals surface area contributed by atoms with Crippen molar-refractivity contribution in [3.05, 3.63) is 26.2 Å². The molecule has 0 atom stereocenters. The highest BCUT2D eigenvalue weighted by Crippen LogP contribution is 2.41.